The van der Waals surface area contributed by atoms with Crippen LogP contribution in [0.1, 0.15) is 61.9 Å². The van der Waals surface area contributed by atoms with E-state index in [1.807, 2.05) is 32.9 Å². The van der Waals surface area contributed by atoms with E-state index in [1.165, 1.54) is 0 Å². The van der Waals surface area contributed by atoms with Gasteiger partial charge in [-0.3, -0.25) is 14.3 Å². The number of amides is 2. The van der Waals surface area contributed by atoms with E-state index < -0.39 is 10.0 Å². The highest BCUT2D eigenvalue weighted by molar-refractivity contribution is 7.92. The third-order valence-corrected chi connectivity index (χ3v) is 7.24. The Morgan fingerprint density at radius 3 is 2.52 bits per heavy atom. The van der Waals surface area contributed by atoms with Crippen LogP contribution in [0, 0.1) is 5.92 Å². The lowest BCUT2D eigenvalue weighted by molar-refractivity contribution is -0.126. The molecule has 8 heteroatoms. The van der Waals surface area contributed by atoms with Crippen LogP contribution in [-0.4, -0.2) is 44.8 Å². The van der Waals surface area contributed by atoms with Gasteiger partial charge >= 0.3 is 0 Å². The van der Waals surface area contributed by atoms with E-state index in [4.69, 9.17) is 0 Å². The van der Waals surface area contributed by atoms with Gasteiger partial charge in [0.05, 0.1) is 10.8 Å². The molecule has 0 radical (unpaired) electrons. The van der Waals surface area contributed by atoms with Gasteiger partial charge in [0.15, 0.2) is 0 Å². The van der Waals surface area contributed by atoms with Gasteiger partial charge in [0.1, 0.15) is 0 Å². The Hall–Kier alpha value is -2.87. The van der Waals surface area contributed by atoms with Crippen LogP contribution in [0.4, 0.5) is 5.69 Å². The fourth-order valence-corrected chi connectivity index (χ4v) is 4.96. The Labute approximate surface area is 196 Å². The van der Waals surface area contributed by atoms with Crippen molar-refractivity contribution >= 4 is 27.5 Å². The minimum atomic E-state index is -3.78. The second-order valence-electron chi connectivity index (χ2n) is 8.79. The van der Waals surface area contributed by atoms with E-state index in [0.717, 1.165) is 24.8 Å². The van der Waals surface area contributed by atoms with E-state index in [2.05, 4.69) is 10.0 Å². The van der Waals surface area contributed by atoms with E-state index in [1.54, 1.807) is 41.3 Å². The number of nitrogens with zero attached hydrogens (tertiary/aromatic N) is 1. The number of piperidine rings is 1. The van der Waals surface area contributed by atoms with Crippen molar-refractivity contribution in [3.63, 3.8) is 0 Å². The highest BCUT2D eigenvalue weighted by Gasteiger charge is 2.29. The highest BCUT2D eigenvalue weighted by Crippen LogP contribution is 2.23. The zero-order valence-electron chi connectivity index (χ0n) is 19.5. The number of carbonyl (C=O) groups is 2. The van der Waals surface area contributed by atoms with Crippen molar-refractivity contribution in [2.75, 3.05) is 24.4 Å². The molecule has 3 rings (SSSR count). The van der Waals surface area contributed by atoms with Crippen molar-refractivity contribution in [2.45, 2.75) is 50.8 Å². The summed E-state index contributed by atoms with van der Waals surface area (Å²) in [5, 5.41) is 2.91. The first-order valence-corrected chi connectivity index (χ1v) is 13.0. The number of hydrogen-bond donors (Lipinski definition) is 2. The van der Waals surface area contributed by atoms with Crippen LogP contribution in [0.2, 0.25) is 0 Å². The number of rotatable bonds is 8. The molecule has 0 aromatic heterocycles. The van der Waals surface area contributed by atoms with Crippen molar-refractivity contribution in [1.82, 2.24) is 10.2 Å². The van der Waals surface area contributed by atoms with Crippen molar-refractivity contribution in [2.24, 2.45) is 5.92 Å². The fourth-order valence-electron chi connectivity index (χ4n) is 3.91. The van der Waals surface area contributed by atoms with Crippen molar-refractivity contribution in [3.05, 3.63) is 59.7 Å². The zero-order valence-corrected chi connectivity index (χ0v) is 20.3. The maximum Gasteiger partial charge on any atom is 0.261 e. The number of hydrogen-bond acceptors (Lipinski definition) is 4. The summed E-state index contributed by atoms with van der Waals surface area (Å²) in [6.07, 6.45) is 2.38. The molecule has 1 unspecified atom stereocenters. The van der Waals surface area contributed by atoms with Gasteiger partial charge in [0.2, 0.25) is 5.91 Å². The molecule has 33 heavy (non-hydrogen) atoms. The lowest BCUT2D eigenvalue weighted by Crippen LogP contribution is -2.45. The summed E-state index contributed by atoms with van der Waals surface area (Å²) in [6.45, 7) is 7.67. The van der Waals surface area contributed by atoms with Crippen molar-refractivity contribution < 1.29 is 18.0 Å². The van der Waals surface area contributed by atoms with Gasteiger partial charge in [-0.05, 0) is 61.1 Å². The summed E-state index contributed by atoms with van der Waals surface area (Å²) in [7, 11) is -3.78. The van der Waals surface area contributed by atoms with E-state index in [-0.39, 0.29) is 22.6 Å². The molecule has 2 aromatic carbocycles. The van der Waals surface area contributed by atoms with Crippen LogP contribution in [0.25, 0.3) is 0 Å². The van der Waals surface area contributed by atoms with Gasteiger partial charge in [0, 0.05) is 30.9 Å². The van der Waals surface area contributed by atoms with Crippen LogP contribution in [0.15, 0.2) is 53.4 Å². The predicted octanol–water partition coefficient (Wildman–Crippen LogP) is 3.99. The quantitative estimate of drug-likeness (QED) is 0.609. The minimum Gasteiger partial charge on any atom is -0.356 e. The Balaban J connectivity index is 1.71. The number of benzene rings is 2. The molecule has 1 aliphatic rings. The van der Waals surface area contributed by atoms with Crippen LogP contribution >= 0.6 is 0 Å². The molecule has 1 fully saturated rings. The predicted molar refractivity (Wildman–Crippen MR) is 130 cm³/mol. The molecule has 0 bridgehead atoms. The zero-order chi connectivity index (χ0) is 24.0. The lowest BCUT2D eigenvalue weighted by Gasteiger charge is -2.32. The molecule has 0 spiro atoms. The monoisotopic (exact) mass is 471 g/mol. The summed E-state index contributed by atoms with van der Waals surface area (Å²) in [5.74, 6) is -0.126. The van der Waals surface area contributed by atoms with Crippen LogP contribution in [0.3, 0.4) is 0 Å². The molecule has 1 saturated heterocycles. The lowest BCUT2D eigenvalue weighted by atomic mass is 9.96. The minimum absolute atomic E-state index is 0.0145. The van der Waals surface area contributed by atoms with Crippen LogP contribution in [-0.2, 0) is 14.8 Å². The van der Waals surface area contributed by atoms with Gasteiger partial charge in [0.25, 0.3) is 15.9 Å². The third kappa shape index (κ3) is 6.35. The second-order valence-corrected chi connectivity index (χ2v) is 10.5. The number of nitrogens with one attached hydrogen (secondary N) is 2. The Morgan fingerprint density at radius 2 is 1.85 bits per heavy atom. The summed E-state index contributed by atoms with van der Waals surface area (Å²) in [5.41, 5.74) is 1.77. The molecule has 2 aromatic rings. The number of anilines is 1. The Morgan fingerprint density at radius 1 is 1.12 bits per heavy atom. The Kier molecular flexibility index (Phi) is 8.13. The first-order valence-electron chi connectivity index (χ1n) is 11.5. The molecular formula is C25H33N3O4S. The average molecular weight is 472 g/mol. The number of likely N-dealkylation sites (tertiary alicyclic amines) is 1. The van der Waals surface area contributed by atoms with Gasteiger partial charge < -0.3 is 10.2 Å². The molecule has 2 amide bonds. The fraction of sp³-hybridized carbons (Fsp3) is 0.440. The van der Waals surface area contributed by atoms with Gasteiger partial charge in [-0.25, -0.2) is 8.42 Å². The second kappa shape index (κ2) is 10.8. The molecule has 0 saturated carbocycles. The van der Waals surface area contributed by atoms with Crippen molar-refractivity contribution in [3.8, 4) is 0 Å². The van der Waals surface area contributed by atoms with E-state index >= 15 is 0 Å². The summed E-state index contributed by atoms with van der Waals surface area (Å²) < 4.78 is 28.2. The highest BCUT2D eigenvalue weighted by atomic mass is 32.2. The molecule has 178 valence electrons. The number of sulfonamides is 1. The molecule has 0 aliphatic carbocycles. The molecule has 1 atom stereocenters. The molecule has 2 N–H and O–H groups in total. The average Bonchev–Trinajstić information content (AvgIpc) is 2.82. The molecular weight excluding hydrogens is 438 g/mol. The topological polar surface area (TPSA) is 95.6 Å². The summed E-state index contributed by atoms with van der Waals surface area (Å²) in [6, 6.07) is 13.3. The maximum atomic E-state index is 13.1. The maximum absolute atomic E-state index is 13.1. The molecule has 1 heterocycles. The first-order chi connectivity index (χ1) is 15.7. The SMILES string of the molecule is CCCNC(=O)C1CCCN(C(=O)c2cccc(NS(=O)(=O)c3ccc(C(C)C)cc3)c2)C1. The largest absolute Gasteiger partial charge is 0.356 e. The first kappa shape index (κ1) is 24.8. The van der Waals surface area contributed by atoms with Gasteiger partial charge in [-0.2, -0.15) is 0 Å². The van der Waals surface area contributed by atoms with Crippen LogP contribution < -0.4 is 10.0 Å². The normalized spacial score (nSPS) is 16.5. The Bertz CT molecular complexity index is 1080. The standard InChI is InChI=1S/C25H33N3O4S/c1-4-14-26-24(29)21-8-6-15-28(17-21)25(30)20-7-5-9-22(16-20)27-33(31,32)23-12-10-19(11-13-23)18(2)3/h5,7,9-13,16,18,21,27H,4,6,8,14-15,17H2,1-3H3,(H,26,29). The molecule has 7 nitrogen and oxygen atoms in total. The van der Waals surface area contributed by atoms with Gasteiger partial charge in [-0.1, -0.05) is 39.0 Å². The summed E-state index contributed by atoms with van der Waals surface area (Å²) in [4.78, 5) is 27.3. The van der Waals surface area contributed by atoms with Crippen molar-refractivity contribution in [1.29, 1.82) is 0 Å². The van der Waals surface area contributed by atoms with Crippen LogP contribution in [0.5, 0.6) is 0 Å². The molecule has 1 aliphatic heterocycles. The van der Waals surface area contributed by atoms with Gasteiger partial charge in [-0.15, -0.1) is 0 Å². The number of carbonyl (C=O) groups excluding carboxylic acids is 2. The summed E-state index contributed by atoms with van der Waals surface area (Å²) >= 11 is 0. The van der Waals surface area contributed by atoms with E-state index in [0.29, 0.717) is 36.8 Å². The third-order valence-electron chi connectivity index (χ3n) is 5.85. The smallest absolute Gasteiger partial charge is 0.261 e. The van der Waals surface area contributed by atoms with E-state index in [9.17, 15) is 18.0 Å².